The van der Waals surface area contributed by atoms with Crippen LogP contribution in [0.5, 0.6) is 0 Å². The van der Waals surface area contributed by atoms with Gasteiger partial charge in [0, 0.05) is 28.7 Å². The smallest absolute Gasteiger partial charge is 0.344 e. The molecular formula is C25H19N3O4S2. The Morgan fingerprint density at radius 3 is 2.74 bits per heavy atom. The Morgan fingerprint density at radius 1 is 1.15 bits per heavy atom. The van der Waals surface area contributed by atoms with Gasteiger partial charge in [-0.1, -0.05) is 54.2 Å². The highest BCUT2D eigenvalue weighted by Crippen LogP contribution is 2.56. The van der Waals surface area contributed by atoms with Gasteiger partial charge in [0.05, 0.1) is 11.1 Å². The number of thioether (sulfide) groups is 1. The van der Waals surface area contributed by atoms with E-state index in [2.05, 4.69) is 9.97 Å². The highest BCUT2D eigenvalue weighted by Gasteiger charge is 2.58. The van der Waals surface area contributed by atoms with Crippen molar-refractivity contribution in [3.63, 3.8) is 0 Å². The first kappa shape index (κ1) is 21.1. The maximum Gasteiger partial charge on any atom is 0.344 e. The van der Waals surface area contributed by atoms with Gasteiger partial charge in [0.15, 0.2) is 16.8 Å². The van der Waals surface area contributed by atoms with Crippen molar-refractivity contribution in [2.75, 3.05) is 4.90 Å². The van der Waals surface area contributed by atoms with Gasteiger partial charge in [-0.3, -0.25) is 14.5 Å². The molecule has 34 heavy (non-hydrogen) atoms. The molecule has 2 aromatic heterocycles. The van der Waals surface area contributed by atoms with E-state index >= 15 is 0 Å². The summed E-state index contributed by atoms with van der Waals surface area (Å²) in [5.41, 5.74) is 2.22. The molecule has 0 bridgehead atoms. The number of ether oxygens (including phenoxy) is 1. The highest BCUT2D eigenvalue weighted by atomic mass is 32.2. The molecule has 0 spiro atoms. The third-order valence-corrected chi connectivity index (χ3v) is 8.54. The summed E-state index contributed by atoms with van der Waals surface area (Å²) >= 11 is 2.73. The lowest BCUT2D eigenvalue weighted by Gasteiger charge is -2.29. The number of anilines is 1. The lowest BCUT2D eigenvalue weighted by Crippen LogP contribution is -2.48. The van der Waals surface area contributed by atoms with Gasteiger partial charge in [0.2, 0.25) is 5.91 Å². The van der Waals surface area contributed by atoms with Gasteiger partial charge in [-0.05, 0) is 24.6 Å². The molecule has 1 N–H and O–H groups in total. The molecule has 1 fully saturated rings. The Kier molecular flexibility index (Phi) is 4.86. The van der Waals surface area contributed by atoms with E-state index in [0.717, 1.165) is 21.7 Å². The molecule has 9 heteroatoms. The van der Waals surface area contributed by atoms with Gasteiger partial charge in [0.1, 0.15) is 4.83 Å². The molecule has 2 aliphatic heterocycles. The van der Waals surface area contributed by atoms with Crippen LogP contribution in [0, 0.1) is 0 Å². The maximum atomic E-state index is 13.4. The van der Waals surface area contributed by atoms with Crippen LogP contribution in [0.15, 0.2) is 69.7 Å². The summed E-state index contributed by atoms with van der Waals surface area (Å²) in [6.45, 7) is 1.68. The third-order valence-electron chi connectivity index (χ3n) is 6.21. The molecule has 4 aromatic rings. The van der Waals surface area contributed by atoms with Gasteiger partial charge in [-0.2, -0.15) is 0 Å². The van der Waals surface area contributed by atoms with Gasteiger partial charge >= 0.3 is 5.97 Å². The Hall–Kier alpha value is -3.43. The number of benzene rings is 2. The van der Waals surface area contributed by atoms with E-state index in [9.17, 15) is 14.4 Å². The third kappa shape index (κ3) is 3.11. The number of aromatic amines is 1. The number of H-pyrrole nitrogens is 1. The molecule has 2 aliphatic rings. The molecule has 1 saturated heterocycles. The molecule has 2 atom stereocenters. The normalized spacial score (nSPS) is 19.8. The second kappa shape index (κ2) is 7.82. The summed E-state index contributed by atoms with van der Waals surface area (Å²) < 4.78 is 5.82. The number of hydrogen-bond donors (Lipinski definition) is 1. The first-order valence-corrected chi connectivity index (χ1v) is 12.6. The Morgan fingerprint density at radius 2 is 1.91 bits per heavy atom. The second-order valence-electron chi connectivity index (χ2n) is 8.28. The summed E-state index contributed by atoms with van der Waals surface area (Å²) in [7, 11) is 0. The number of esters is 1. The zero-order chi connectivity index (χ0) is 23.4. The van der Waals surface area contributed by atoms with Crippen LogP contribution in [0.25, 0.3) is 21.3 Å². The van der Waals surface area contributed by atoms with Gasteiger partial charge in [0.25, 0.3) is 5.56 Å². The van der Waals surface area contributed by atoms with Gasteiger partial charge in [-0.15, -0.1) is 11.3 Å². The quantitative estimate of drug-likeness (QED) is 0.411. The summed E-state index contributed by atoms with van der Waals surface area (Å²) in [6.07, 6.45) is -0.142. The molecule has 2 aromatic carbocycles. The van der Waals surface area contributed by atoms with E-state index < -0.39 is 16.9 Å². The van der Waals surface area contributed by atoms with E-state index in [1.807, 2.05) is 60.0 Å². The average molecular weight is 490 g/mol. The van der Waals surface area contributed by atoms with Crippen LogP contribution in [0.1, 0.15) is 31.7 Å². The van der Waals surface area contributed by atoms with Crippen LogP contribution in [0.4, 0.5) is 5.69 Å². The fourth-order valence-corrected chi connectivity index (χ4v) is 6.93. The summed E-state index contributed by atoms with van der Waals surface area (Å²) in [6, 6.07) is 17.1. The minimum atomic E-state index is -1.12. The molecule has 6 rings (SSSR count). The van der Waals surface area contributed by atoms with Gasteiger partial charge < -0.3 is 9.72 Å². The molecule has 0 aliphatic carbocycles. The van der Waals surface area contributed by atoms with Crippen molar-refractivity contribution < 1.29 is 14.3 Å². The summed E-state index contributed by atoms with van der Waals surface area (Å²) in [4.78, 5) is 48.4. The van der Waals surface area contributed by atoms with Crippen molar-refractivity contribution >= 4 is 50.9 Å². The molecule has 0 saturated carbocycles. The number of carbonyl (C=O) groups excluding carboxylic acids is 2. The Balaban J connectivity index is 1.30. The largest absolute Gasteiger partial charge is 0.452 e. The fourth-order valence-electron chi connectivity index (χ4n) is 4.57. The minimum Gasteiger partial charge on any atom is -0.452 e. The number of carbonyl (C=O) groups is 2. The predicted octanol–water partition coefficient (Wildman–Crippen LogP) is 4.88. The average Bonchev–Trinajstić information content (AvgIpc) is 3.52. The van der Waals surface area contributed by atoms with Crippen LogP contribution in [0.2, 0.25) is 0 Å². The second-order valence-corrected chi connectivity index (χ2v) is 10.5. The number of hydrogen-bond acceptors (Lipinski definition) is 7. The Bertz CT molecular complexity index is 1510. The van der Waals surface area contributed by atoms with Crippen molar-refractivity contribution in [2.45, 2.75) is 35.6 Å². The number of nitrogens with one attached hydrogen (secondary N) is 1. The van der Waals surface area contributed by atoms with E-state index in [-0.39, 0.29) is 23.7 Å². The lowest BCUT2D eigenvalue weighted by molar-refractivity contribution is -0.152. The Labute approximate surface area is 202 Å². The van der Waals surface area contributed by atoms with Crippen LogP contribution in [-0.2, 0) is 14.3 Å². The topological polar surface area (TPSA) is 92.4 Å². The number of aromatic nitrogens is 2. The molecule has 170 valence electrons. The number of para-hydroxylation sites is 1. The molecule has 1 amide bonds. The van der Waals surface area contributed by atoms with Crippen molar-refractivity contribution in [1.82, 2.24) is 9.97 Å². The molecular weight excluding hydrogens is 470 g/mol. The van der Waals surface area contributed by atoms with Crippen molar-refractivity contribution in [2.24, 2.45) is 0 Å². The zero-order valence-corrected chi connectivity index (χ0v) is 19.7. The van der Waals surface area contributed by atoms with E-state index in [1.165, 1.54) is 23.1 Å². The maximum absolute atomic E-state index is 13.4. The zero-order valence-electron chi connectivity index (χ0n) is 18.1. The number of nitrogens with zero attached hydrogens (tertiary/aromatic N) is 2. The first-order valence-electron chi connectivity index (χ1n) is 10.9. The summed E-state index contributed by atoms with van der Waals surface area (Å²) in [5, 5.41) is 2.43. The van der Waals surface area contributed by atoms with Crippen LogP contribution >= 0.6 is 23.1 Å². The molecule has 0 unspecified atom stereocenters. The van der Waals surface area contributed by atoms with Crippen LogP contribution in [0.3, 0.4) is 0 Å². The van der Waals surface area contributed by atoms with E-state index in [0.29, 0.717) is 16.6 Å². The minimum absolute atomic E-state index is 0.0953. The van der Waals surface area contributed by atoms with Crippen molar-refractivity contribution in [1.29, 1.82) is 0 Å². The first-order chi connectivity index (χ1) is 16.5. The summed E-state index contributed by atoms with van der Waals surface area (Å²) in [5.74, 6) is -0.326. The van der Waals surface area contributed by atoms with E-state index in [4.69, 9.17) is 4.74 Å². The number of thiophene rings is 1. The van der Waals surface area contributed by atoms with Crippen molar-refractivity contribution in [3.05, 3.63) is 76.2 Å². The number of fused-ring (bicyclic) bond motifs is 4. The standard InChI is InChI=1S/C25H19N3O4S2/c1-14(21-26-22(30)20-16(13-33-23(20)27-21)15-7-3-2-4-8-15)32-24(31)25-12-11-19(29)28(25)17-9-5-6-10-18(17)34-25/h2-10,13-14H,11-12H2,1H3,(H,26,27,30)/t14-,25+/m0/s1. The van der Waals surface area contributed by atoms with E-state index in [1.54, 1.807) is 11.8 Å². The number of amides is 1. The lowest BCUT2D eigenvalue weighted by atomic mass is 10.1. The molecule has 7 nitrogen and oxygen atoms in total. The van der Waals surface area contributed by atoms with Crippen LogP contribution < -0.4 is 10.5 Å². The van der Waals surface area contributed by atoms with Crippen LogP contribution in [-0.4, -0.2) is 26.7 Å². The molecule has 0 radical (unpaired) electrons. The fraction of sp³-hybridized carbons (Fsp3) is 0.200. The van der Waals surface area contributed by atoms with Gasteiger partial charge in [-0.25, -0.2) is 9.78 Å². The van der Waals surface area contributed by atoms with Crippen molar-refractivity contribution in [3.8, 4) is 11.1 Å². The monoisotopic (exact) mass is 489 g/mol. The highest BCUT2D eigenvalue weighted by molar-refractivity contribution is 8.02. The predicted molar refractivity (Wildman–Crippen MR) is 132 cm³/mol. The molecule has 4 heterocycles. The number of rotatable bonds is 4. The SMILES string of the molecule is C[C@H](OC(=O)[C@]12CCC(=O)N1c1ccccc1S2)c1nc2scc(-c3ccccc3)c2c(=O)[nH]1.